The lowest BCUT2D eigenvalue weighted by atomic mass is 10.4. The van der Waals surface area contributed by atoms with Gasteiger partial charge in [-0.25, -0.2) is 0 Å². The normalized spacial score (nSPS) is 10.1. The van der Waals surface area contributed by atoms with Crippen LogP contribution >= 0.6 is 61.8 Å². The number of hydrogen-bond donors (Lipinski definition) is 1. The van der Waals surface area contributed by atoms with Gasteiger partial charge in [-0.3, -0.25) is 0 Å². The fourth-order valence-electron chi connectivity index (χ4n) is 0.553. The van der Waals surface area contributed by atoms with Crippen molar-refractivity contribution in [2.75, 3.05) is 0 Å². The predicted octanol–water partition coefficient (Wildman–Crippen LogP) is 5.22. The first kappa shape index (κ1) is 11.4. The van der Waals surface area contributed by atoms with Crippen LogP contribution in [0.25, 0.3) is 0 Å². The average molecular weight is 271 g/mol. The van der Waals surface area contributed by atoms with E-state index < -0.39 is 0 Å². The largest absolute Gasteiger partial charge is 0.0988 e. The first-order valence-corrected chi connectivity index (χ1v) is 10.2. The number of rotatable bonds is 5. The van der Waals surface area contributed by atoms with Crippen molar-refractivity contribution < 1.29 is 0 Å². The fourth-order valence-corrected chi connectivity index (χ4v) is 9.04. The van der Waals surface area contributed by atoms with Gasteiger partial charge in [0.05, 0.1) is 0 Å². The molecule has 6 heteroatoms. The van der Waals surface area contributed by atoms with E-state index in [0.717, 1.165) is 0 Å². The summed E-state index contributed by atoms with van der Waals surface area (Å²) in [6.45, 7) is 0. The lowest BCUT2D eigenvalue weighted by molar-refractivity contribution is 1.48. The van der Waals surface area contributed by atoms with Crippen molar-refractivity contribution in [1.29, 1.82) is 0 Å². The standard InChI is InChI=1S/C6H6S6/c7-9-11-12-10-8-6-4-2-1-3-5-6/h1-5,7H. The summed E-state index contributed by atoms with van der Waals surface area (Å²) in [5, 5.41) is 0. The molecule has 66 valence electrons. The smallest absolute Gasteiger partial charge is 0.0191 e. The van der Waals surface area contributed by atoms with E-state index in [1.807, 2.05) is 18.2 Å². The van der Waals surface area contributed by atoms with Crippen LogP contribution in [-0.2, 0) is 0 Å². The zero-order chi connectivity index (χ0) is 8.65. The highest BCUT2D eigenvalue weighted by atomic mass is 33.9. The quantitative estimate of drug-likeness (QED) is 0.441. The van der Waals surface area contributed by atoms with Gasteiger partial charge in [0.1, 0.15) is 0 Å². The van der Waals surface area contributed by atoms with Gasteiger partial charge in [-0.05, 0) is 62.2 Å². The molecule has 0 saturated carbocycles. The van der Waals surface area contributed by atoms with Crippen molar-refractivity contribution >= 4 is 61.8 Å². The van der Waals surface area contributed by atoms with E-state index in [1.54, 1.807) is 40.3 Å². The van der Waals surface area contributed by atoms with Crippen molar-refractivity contribution in [3.05, 3.63) is 30.3 Å². The lowest BCUT2D eigenvalue weighted by Gasteiger charge is -1.96. The van der Waals surface area contributed by atoms with Crippen LogP contribution in [0.5, 0.6) is 0 Å². The molecule has 1 aromatic carbocycles. The van der Waals surface area contributed by atoms with Crippen LogP contribution in [0.3, 0.4) is 0 Å². The number of hydrogen-bond acceptors (Lipinski definition) is 6. The highest BCUT2D eigenvalue weighted by Gasteiger charge is 1.93. The molecule has 0 saturated heterocycles. The molecule has 0 radical (unpaired) electrons. The topological polar surface area (TPSA) is 0 Å². The molecule has 0 unspecified atom stereocenters. The first-order valence-electron chi connectivity index (χ1n) is 2.96. The summed E-state index contributed by atoms with van der Waals surface area (Å²) in [6, 6.07) is 10.3. The van der Waals surface area contributed by atoms with E-state index >= 15 is 0 Å². The Morgan fingerprint density at radius 2 is 1.67 bits per heavy atom. The van der Waals surface area contributed by atoms with Gasteiger partial charge < -0.3 is 0 Å². The second kappa shape index (κ2) is 7.70. The van der Waals surface area contributed by atoms with Crippen molar-refractivity contribution in [2.45, 2.75) is 4.90 Å². The van der Waals surface area contributed by atoms with E-state index in [4.69, 9.17) is 0 Å². The van der Waals surface area contributed by atoms with Gasteiger partial charge in [0, 0.05) is 4.90 Å². The zero-order valence-corrected chi connectivity index (χ0v) is 10.9. The molecule has 0 fully saturated rings. The summed E-state index contributed by atoms with van der Waals surface area (Å²) in [5.74, 6) is 0. The maximum atomic E-state index is 4.02. The molecule has 0 aromatic heterocycles. The summed E-state index contributed by atoms with van der Waals surface area (Å²) >= 11 is 4.02. The third-order valence-corrected chi connectivity index (χ3v) is 9.76. The van der Waals surface area contributed by atoms with Crippen LogP contribution in [0.15, 0.2) is 35.2 Å². The molecule has 0 atom stereocenters. The Morgan fingerprint density at radius 3 is 2.33 bits per heavy atom. The molecule has 0 bridgehead atoms. The van der Waals surface area contributed by atoms with Gasteiger partial charge in [0.2, 0.25) is 0 Å². The van der Waals surface area contributed by atoms with E-state index in [1.165, 1.54) is 14.7 Å². The molecule has 0 aliphatic heterocycles. The molecule has 0 aliphatic rings. The SMILES string of the molecule is SSSSSSc1ccccc1. The molecule has 0 N–H and O–H groups in total. The molecule has 0 amide bonds. The van der Waals surface area contributed by atoms with E-state index in [2.05, 4.69) is 23.8 Å². The van der Waals surface area contributed by atoms with Crippen molar-refractivity contribution in [1.82, 2.24) is 0 Å². The van der Waals surface area contributed by atoms with Crippen LogP contribution < -0.4 is 0 Å². The molecule has 0 aliphatic carbocycles. The molecule has 1 rings (SSSR count). The minimum atomic E-state index is 1.29. The second-order valence-corrected chi connectivity index (χ2v) is 10.1. The Labute approximate surface area is 96.2 Å². The Morgan fingerprint density at radius 1 is 0.917 bits per heavy atom. The highest BCUT2D eigenvalue weighted by Crippen LogP contribution is 2.51. The van der Waals surface area contributed by atoms with Crippen LogP contribution in [0.1, 0.15) is 0 Å². The van der Waals surface area contributed by atoms with Crippen LogP contribution in [0.4, 0.5) is 0 Å². The molecular formula is C6H6S6. The van der Waals surface area contributed by atoms with Gasteiger partial charge in [0.25, 0.3) is 0 Å². The van der Waals surface area contributed by atoms with Gasteiger partial charge in [-0.15, -0.1) is 0 Å². The maximum absolute atomic E-state index is 4.02. The number of benzene rings is 1. The molecule has 1 aromatic rings. The molecule has 0 heterocycles. The maximum Gasteiger partial charge on any atom is 0.0191 e. The van der Waals surface area contributed by atoms with E-state index in [0.29, 0.717) is 0 Å². The molecule has 0 spiro atoms. The summed E-state index contributed by atoms with van der Waals surface area (Å²) in [5.41, 5.74) is 0. The first-order chi connectivity index (χ1) is 5.93. The van der Waals surface area contributed by atoms with Crippen LogP contribution in [0.2, 0.25) is 0 Å². The minimum Gasteiger partial charge on any atom is -0.0988 e. The molecule has 12 heavy (non-hydrogen) atoms. The van der Waals surface area contributed by atoms with Crippen molar-refractivity contribution in [3.63, 3.8) is 0 Å². The Kier molecular flexibility index (Phi) is 7.31. The number of thiol groups is 1. The Hall–Kier alpha value is 1.32. The van der Waals surface area contributed by atoms with Crippen LogP contribution in [0, 0.1) is 0 Å². The second-order valence-electron chi connectivity index (χ2n) is 1.68. The predicted molar refractivity (Wildman–Crippen MR) is 71.6 cm³/mol. The van der Waals surface area contributed by atoms with Gasteiger partial charge in [-0.2, -0.15) is 0 Å². The Balaban J connectivity index is 2.16. The Bertz CT molecular complexity index is 200. The summed E-state index contributed by atoms with van der Waals surface area (Å²) in [6.07, 6.45) is 0. The highest BCUT2D eigenvalue weighted by molar-refractivity contribution is 9.41. The molecule has 0 nitrogen and oxygen atoms in total. The van der Waals surface area contributed by atoms with Gasteiger partial charge in [0.15, 0.2) is 0 Å². The monoisotopic (exact) mass is 270 g/mol. The third-order valence-electron chi connectivity index (χ3n) is 0.959. The average Bonchev–Trinajstić information content (AvgIpc) is 2.14. The summed E-state index contributed by atoms with van der Waals surface area (Å²) in [4.78, 5) is 1.29. The van der Waals surface area contributed by atoms with E-state index in [9.17, 15) is 0 Å². The zero-order valence-electron chi connectivity index (χ0n) is 5.88. The minimum absolute atomic E-state index is 1.29. The lowest BCUT2D eigenvalue weighted by Crippen LogP contribution is -1.61. The van der Waals surface area contributed by atoms with Gasteiger partial charge in [-0.1, -0.05) is 29.9 Å². The van der Waals surface area contributed by atoms with Crippen LogP contribution in [-0.4, -0.2) is 0 Å². The summed E-state index contributed by atoms with van der Waals surface area (Å²) < 4.78 is 0. The van der Waals surface area contributed by atoms with Crippen molar-refractivity contribution in [3.8, 4) is 0 Å². The van der Waals surface area contributed by atoms with Gasteiger partial charge >= 0.3 is 0 Å². The van der Waals surface area contributed by atoms with E-state index in [-0.39, 0.29) is 0 Å². The molecular weight excluding hydrogens is 264 g/mol. The third kappa shape index (κ3) is 5.14. The summed E-state index contributed by atoms with van der Waals surface area (Å²) in [7, 11) is 8.40. The fraction of sp³-hybridized carbons (Fsp3) is 0. The van der Waals surface area contributed by atoms with Crippen molar-refractivity contribution in [2.24, 2.45) is 0 Å².